The van der Waals surface area contributed by atoms with Crippen molar-refractivity contribution in [3.05, 3.63) is 182 Å². The van der Waals surface area contributed by atoms with Crippen LogP contribution in [0.15, 0.2) is 182 Å². The van der Waals surface area contributed by atoms with Crippen LogP contribution in [0.5, 0.6) is 0 Å². The zero-order valence-corrected chi connectivity index (χ0v) is 26.6. The molecule has 8 aromatic rings. The van der Waals surface area contributed by atoms with Gasteiger partial charge in [0.15, 0.2) is 8.07 Å². The predicted molar refractivity (Wildman–Crippen MR) is 196 cm³/mol. The molecule has 0 amide bonds. The Balaban J connectivity index is 1.24. The average molecular weight is 619 g/mol. The van der Waals surface area contributed by atoms with E-state index in [1.807, 2.05) is 18.3 Å². The third-order valence-electron chi connectivity index (χ3n) is 9.37. The number of rotatable bonds is 5. The van der Waals surface area contributed by atoms with E-state index in [-0.39, 0.29) is 0 Å². The van der Waals surface area contributed by atoms with Gasteiger partial charge >= 0.3 is 0 Å². The first-order valence-corrected chi connectivity index (χ1v) is 17.9. The van der Waals surface area contributed by atoms with E-state index < -0.39 is 8.07 Å². The lowest BCUT2D eigenvalue weighted by Gasteiger charge is -2.45. The molecule has 4 nitrogen and oxygen atoms in total. The summed E-state index contributed by atoms with van der Waals surface area (Å²) < 4.78 is 2.20. The molecule has 0 aliphatic carbocycles. The maximum Gasteiger partial charge on any atom is 0.184 e. The summed E-state index contributed by atoms with van der Waals surface area (Å²) in [6, 6.07) is 61.5. The molecule has 0 N–H and O–H groups in total. The fraction of sp³-hybridized carbons (Fsp3) is 0. The zero-order valence-electron chi connectivity index (χ0n) is 25.6. The van der Waals surface area contributed by atoms with Gasteiger partial charge in [0.05, 0.1) is 17.2 Å². The SMILES string of the molecule is c1ccc(-n2c(-c3ccc(N4c5ccccc5[Si](c5ccccc5)(c5ccccc5)c5ccccc54)cc3)nc3ccncc32)cc1. The molecule has 1 aliphatic rings. The molecule has 6 aromatic carbocycles. The number of hydrogen-bond donors (Lipinski definition) is 0. The van der Waals surface area contributed by atoms with Crippen LogP contribution < -0.4 is 25.6 Å². The van der Waals surface area contributed by atoms with Crippen molar-refractivity contribution in [2.75, 3.05) is 4.90 Å². The van der Waals surface area contributed by atoms with Crippen LogP contribution in [0.1, 0.15) is 0 Å². The number of para-hydroxylation sites is 3. The van der Waals surface area contributed by atoms with Crippen molar-refractivity contribution in [3.63, 3.8) is 0 Å². The highest BCUT2D eigenvalue weighted by atomic mass is 28.3. The summed E-state index contributed by atoms with van der Waals surface area (Å²) in [4.78, 5) is 11.9. The number of aromatic nitrogens is 3. The van der Waals surface area contributed by atoms with Crippen molar-refractivity contribution in [3.8, 4) is 17.1 Å². The zero-order chi connectivity index (χ0) is 31.2. The third kappa shape index (κ3) is 4.21. The number of hydrogen-bond acceptors (Lipinski definition) is 3. The van der Waals surface area contributed by atoms with E-state index in [2.05, 4.69) is 172 Å². The van der Waals surface area contributed by atoms with Crippen molar-refractivity contribution in [1.82, 2.24) is 14.5 Å². The molecular formula is C42H30N4Si. The van der Waals surface area contributed by atoms with E-state index >= 15 is 0 Å². The van der Waals surface area contributed by atoms with Crippen LogP contribution in [-0.4, -0.2) is 22.6 Å². The molecule has 0 bridgehead atoms. The van der Waals surface area contributed by atoms with Crippen molar-refractivity contribution >= 4 is 56.9 Å². The van der Waals surface area contributed by atoms with E-state index in [0.717, 1.165) is 33.8 Å². The maximum absolute atomic E-state index is 5.07. The average Bonchev–Trinajstić information content (AvgIpc) is 3.55. The van der Waals surface area contributed by atoms with Gasteiger partial charge in [0.2, 0.25) is 0 Å². The fourth-order valence-corrected chi connectivity index (χ4v) is 12.5. The maximum atomic E-state index is 5.07. The Bertz CT molecular complexity index is 2260. The minimum Gasteiger partial charge on any atom is -0.311 e. The summed E-state index contributed by atoms with van der Waals surface area (Å²) in [6.45, 7) is 0. The summed E-state index contributed by atoms with van der Waals surface area (Å²) in [6.07, 6.45) is 3.70. The largest absolute Gasteiger partial charge is 0.311 e. The van der Waals surface area contributed by atoms with E-state index in [0.29, 0.717) is 0 Å². The van der Waals surface area contributed by atoms with E-state index in [4.69, 9.17) is 4.98 Å². The second-order valence-electron chi connectivity index (χ2n) is 11.9. The quantitative estimate of drug-likeness (QED) is 0.191. The molecule has 47 heavy (non-hydrogen) atoms. The van der Waals surface area contributed by atoms with Gasteiger partial charge in [0.25, 0.3) is 0 Å². The number of pyridine rings is 1. The highest BCUT2D eigenvalue weighted by Gasteiger charge is 2.48. The van der Waals surface area contributed by atoms with Crippen LogP contribution in [0.25, 0.3) is 28.1 Å². The molecule has 222 valence electrons. The molecule has 0 saturated carbocycles. The first kappa shape index (κ1) is 27.3. The highest BCUT2D eigenvalue weighted by Crippen LogP contribution is 2.39. The van der Waals surface area contributed by atoms with Crippen molar-refractivity contribution < 1.29 is 0 Å². The van der Waals surface area contributed by atoms with Crippen molar-refractivity contribution in [1.29, 1.82) is 0 Å². The first-order valence-electron chi connectivity index (χ1n) is 15.9. The Morgan fingerprint density at radius 3 is 1.60 bits per heavy atom. The van der Waals surface area contributed by atoms with Gasteiger partial charge in [0, 0.05) is 34.5 Å². The van der Waals surface area contributed by atoms with Crippen molar-refractivity contribution in [2.24, 2.45) is 0 Å². The number of imidazole rings is 1. The topological polar surface area (TPSA) is 34.0 Å². The van der Waals surface area contributed by atoms with Gasteiger partial charge in [-0.25, -0.2) is 4.98 Å². The van der Waals surface area contributed by atoms with E-state index in [1.54, 1.807) is 6.20 Å². The summed E-state index contributed by atoms with van der Waals surface area (Å²) in [5, 5.41) is 5.54. The van der Waals surface area contributed by atoms with Gasteiger partial charge in [-0.05, 0) is 75.3 Å². The first-order chi connectivity index (χ1) is 23.3. The van der Waals surface area contributed by atoms with Crippen molar-refractivity contribution in [2.45, 2.75) is 0 Å². The van der Waals surface area contributed by atoms with Crippen LogP contribution in [0.4, 0.5) is 17.1 Å². The summed E-state index contributed by atoms with van der Waals surface area (Å²) in [5.74, 6) is 0.893. The minimum atomic E-state index is -2.64. The molecule has 0 fully saturated rings. The molecule has 5 heteroatoms. The number of anilines is 3. The van der Waals surface area contributed by atoms with Crippen LogP contribution in [0.2, 0.25) is 0 Å². The summed E-state index contributed by atoms with van der Waals surface area (Å²) in [7, 11) is -2.64. The van der Waals surface area contributed by atoms with Crippen LogP contribution in [0, 0.1) is 0 Å². The standard InChI is InChI=1S/C42H30N4Si/c1-4-14-32(15-5-1)46-39-30-43-29-28-36(39)44-42(46)31-24-26-33(27-25-31)45-37-20-10-12-22-40(37)47(34-16-6-2-7-17-34,35-18-8-3-9-19-35)41-23-13-11-21-38(41)45/h1-30H. The molecule has 0 spiro atoms. The smallest absolute Gasteiger partial charge is 0.184 e. The fourth-order valence-electron chi connectivity index (χ4n) is 7.40. The Hall–Kier alpha value is -6.04. The minimum absolute atomic E-state index is 0.893. The molecule has 9 rings (SSSR count). The lowest BCUT2D eigenvalue weighted by molar-refractivity contribution is 1.10. The van der Waals surface area contributed by atoms with Gasteiger partial charge in [0.1, 0.15) is 5.82 Å². The number of nitrogens with zero attached hydrogens (tertiary/aromatic N) is 4. The molecule has 1 aliphatic heterocycles. The van der Waals surface area contributed by atoms with Crippen LogP contribution >= 0.6 is 0 Å². The van der Waals surface area contributed by atoms with Gasteiger partial charge in [-0.1, -0.05) is 115 Å². The molecular weight excluding hydrogens is 589 g/mol. The van der Waals surface area contributed by atoms with Gasteiger partial charge < -0.3 is 4.90 Å². The Kier molecular flexibility index (Phi) is 6.44. The lowest BCUT2D eigenvalue weighted by atomic mass is 10.1. The van der Waals surface area contributed by atoms with Gasteiger partial charge in [-0.3, -0.25) is 9.55 Å². The second kappa shape index (κ2) is 11.1. The molecule has 0 radical (unpaired) electrons. The van der Waals surface area contributed by atoms with Gasteiger partial charge in [-0.2, -0.15) is 0 Å². The normalized spacial score (nSPS) is 13.2. The number of fused-ring (bicyclic) bond motifs is 3. The predicted octanol–water partition coefficient (Wildman–Crippen LogP) is 7.25. The Morgan fingerprint density at radius 1 is 0.468 bits per heavy atom. The van der Waals surface area contributed by atoms with Crippen LogP contribution in [-0.2, 0) is 0 Å². The summed E-state index contributed by atoms with van der Waals surface area (Å²) in [5.41, 5.74) is 7.57. The highest BCUT2D eigenvalue weighted by molar-refractivity contribution is 7.21. The third-order valence-corrected chi connectivity index (χ3v) is 14.2. The van der Waals surface area contributed by atoms with Crippen LogP contribution in [0.3, 0.4) is 0 Å². The Labute approximate surface area is 274 Å². The molecule has 0 saturated heterocycles. The molecule has 2 aromatic heterocycles. The molecule has 0 atom stereocenters. The van der Waals surface area contributed by atoms with Gasteiger partial charge in [-0.15, -0.1) is 0 Å². The number of benzene rings is 6. The Morgan fingerprint density at radius 2 is 1.00 bits per heavy atom. The molecule has 0 unspecified atom stereocenters. The van der Waals surface area contributed by atoms with E-state index in [9.17, 15) is 0 Å². The molecule has 3 heterocycles. The van der Waals surface area contributed by atoms with E-state index in [1.165, 1.54) is 32.1 Å². The monoisotopic (exact) mass is 618 g/mol. The second-order valence-corrected chi connectivity index (χ2v) is 15.6. The lowest BCUT2D eigenvalue weighted by Crippen LogP contribution is -2.77. The summed E-state index contributed by atoms with van der Waals surface area (Å²) >= 11 is 0.